The Kier molecular flexibility index (Phi) is 4.82. The number of amides is 1. The van der Waals surface area contributed by atoms with Crippen LogP contribution in [0.2, 0.25) is 10.4 Å². The summed E-state index contributed by atoms with van der Waals surface area (Å²) in [6.07, 6.45) is 1.38. The third-order valence-corrected chi connectivity index (χ3v) is 3.34. The molecular formula is C14H18Cl2N4O2. The fourth-order valence-electron chi connectivity index (χ4n) is 2.01. The Morgan fingerprint density at radius 2 is 2.09 bits per heavy atom. The molecule has 0 bridgehead atoms. The summed E-state index contributed by atoms with van der Waals surface area (Å²) >= 11 is 11.9. The zero-order valence-electron chi connectivity index (χ0n) is 12.9. The Morgan fingerprint density at radius 1 is 1.41 bits per heavy atom. The van der Waals surface area contributed by atoms with Crippen molar-refractivity contribution in [1.29, 1.82) is 0 Å². The lowest BCUT2D eigenvalue weighted by atomic mass is 10.2. The second-order valence-electron chi connectivity index (χ2n) is 5.97. The lowest BCUT2D eigenvalue weighted by molar-refractivity contribution is 0.0521. The van der Waals surface area contributed by atoms with E-state index in [2.05, 4.69) is 15.3 Å². The molecule has 2 aromatic rings. The minimum Gasteiger partial charge on any atom is -0.444 e. The fraction of sp³-hybridized carbons (Fsp3) is 0.500. The van der Waals surface area contributed by atoms with Gasteiger partial charge in [-0.2, -0.15) is 0 Å². The highest BCUT2D eigenvalue weighted by atomic mass is 35.5. The predicted octanol–water partition coefficient (Wildman–Crippen LogP) is 3.82. The van der Waals surface area contributed by atoms with Gasteiger partial charge in [-0.3, -0.25) is 0 Å². The van der Waals surface area contributed by atoms with Crippen LogP contribution in [0.15, 0.2) is 12.3 Å². The van der Waals surface area contributed by atoms with Gasteiger partial charge in [-0.15, -0.1) is 0 Å². The van der Waals surface area contributed by atoms with Gasteiger partial charge >= 0.3 is 6.09 Å². The minimum atomic E-state index is -0.526. The summed E-state index contributed by atoms with van der Waals surface area (Å²) in [6.45, 7) is 7.78. The number of carbonyl (C=O) groups excluding carboxylic acids is 1. The van der Waals surface area contributed by atoms with E-state index in [0.29, 0.717) is 17.6 Å². The molecule has 2 heterocycles. The van der Waals surface area contributed by atoms with E-state index in [4.69, 9.17) is 27.9 Å². The van der Waals surface area contributed by atoms with Gasteiger partial charge in [0.2, 0.25) is 5.28 Å². The molecule has 1 N–H and O–H groups in total. The molecule has 6 nitrogen and oxygen atoms in total. The second kappa shape index (κ2) is 6.30. The summed E-state index contributed by atoms with van der Waals surface area (Å²) in [5, 5.41) is 3.12. The molecule has 0 radical (unpaired) electrons. The van der Waals surface area contributed by atoms with Gasteiger partial charge in [-0.1, -0.05) is 11.6 Å². The summed E-state index contributed by atoms with van der Waals surface area (Å²) in [5.41, 5.74) is 0.820. The van der Waals surface area contributed by atoms with Gasteiger partial charge in [0.1, 0.15) is 11.1 Å². The topological polar surface area (TPSA) is 69.0 Å². The van der Waals surface area contributed by atoms with Crippen molar-refractivity contribution in [3.8, 4) is 0 Å². The summed E-state index contributed by atoms with van der Waals surface area (Å²) in [4.78, 5) is 19.8. The summed E-state index contributed by atoms with van der Waals surface area (Å²) < 4.78 is 7.10. The molecule has 8 heteroatoms. The van der Waals surface area contributed by atoms with E-state index in [0.717, 1.165) is 0 Å². The van der Waals surface area contributed by atoms with Gasteiger partial charge in [0.05, 0.1) is 5.52 Å². The van der Waals surface area contributed by atoms with Gasteiger partial charge in [0.25, 0.3) is 0 Å². The van der Waals surface area contributed by atoms with Crippen molar-refractivity contribution < 1.29 is 9.53 Å². The standard InChI is InChI=1S/C14H18Cl2N4O2/c1-8(7-17-13(21)22-14(2,3)4)20-6-5-9-10(20)11(15)19-12(16)18-9/h5-6,8H,7H2,1-4H3,(H,17,21)/t8-/m0/s1. The van der Waals surface area contributed by atoms with Crippen molar-refractivity contribution in [2.45, 2.75) is 39.3 Å². The van der Waals surface area contributed by atoms with Crippen molar-refractivity contribution in [2.24, 2.45) is 0 Å². The third-order valence-electron chi connectivity index (χ3n) is 2.91. The van der Waals surface area contributed by atoms with Gasteiger partial charge in [0, 0.05) is 18.8 Å². The summed E-state index contributed by atoms with van der Waals surface area (Å²) in [6, 6.07) is 1.76. The number of ether oxygens (including phenoxy) is 1. The van der Waals surface area contributed by atoms with Gasteiger partial charge in [-0.05, 0) is 45.4 Å². The Hall–Kier alpha value is -1.53. The fourth-order valence-corrected chi connectivity index (χ4v) is 2.50. The number of rotatable bonds is 3. The molecule has 0 fully saturated rings. The van der Waals surface area contributed by atoms with Gasteiger partial charge in [-0.25, -0.2) is 14.8 Å². The van der Waals surface area contributed by atoms with E-state index in [1.807, 2.05) is 38.5 Å². The van der Waals surface area contributed by atoms with Crippen LogP contribution in [0.1, 0.15) is 33.7 Å². The maximum atomic E-state index is 11.7. The second-order valence-corrected chi connectivity index (χ2v) is 6.67. The average molecular weight is 345 g/mol. The van der Waals surface area contributed by atoms with Crippen LogP contribution in [0, 0.1) is 0 Å². The zero-order valence-corrected chi connectivity index (χ0v) is 14.4. The number of fused-ring (bicyclic) bond motifs is 1. The molecule has 0 saturated carbocycles. The smallest absolute Gasteiger partial charge is 0.407 e. The zero-order chi connectivity index (χ0) is 16.5. The Bertz CT molecular complexity index is 694. The average Bonchev–Trinajstić information content (AvgIpc) is 2.77. The number of carbonyl (C=O) groups is 1. The maximum absolute atomic E-state index is 11.7. The van der Waals surface area contributed by atoms with Crippen molar-refractivity contribution in [3.63, 3.8) is 0 Å². The summed E-state index contributed by atoms with van der Waals surface area (Å²) in [7, 11) is 0. The Balaban J connectivity index is 2.11. The predicted molar refractivity (Wildman–Crippen MR) is 86.5 cm³/mol. The molecule has 0 aliphatic rings. The van der Waals surface area contributed by atoms with E-state index < -0.39 is 11.7 Å². The number of halogens is 2. The van der Waals surface area contributed by atoms with Crippen molar-refractivity contribution >= 4 is 40.3 Å². The van der Waals surface area contributed by atoms with Gasteiger partial charge in [0.15, 0.2) is 5.15 Å². The number of hydrogen-bond acceptors (Lipinski definition) is 4. The number of hydrogen-bond donors (Lipinski definition) is 1. The monoisotopic (exact) mass is 344 g/mol. The third kappa shape index (κ3) is 4.01. The van der Waals surface area contributed by atoms with Crippen LogP contribution in [0.3, 0.4) is 0 Å². The van der Waals surface area contributed by atoms with Crippen molar-refractivity contribution in [3.05, 3.63) is 22.7 Å². The Morgan fingerprint density at radius 3 is 2.73 bits per heavy atom. The van der Waals surface area contributed by atoms with Crippen LogP contribution in [0.25, 0.3) is 11.0 Å². The normalized spacial score (nSPS) is 13.2. The molecular weight excluding hydrogens is 327 g/mol. The number of nitrogens with zero attached hydrogens (tertiary/aromatic N) is 3. The molecule has 0 spiro atoms. The SMILES string of the molecule is C[C@@H](CNC(=O)OC(C)(C)C)n1ccc2nc(Cl)nc(Cl)c21. The quantitative estimate of drug-likeness (QED) is 0.678. The van der Waals surface area contributed by atoms with Crippen LogP contribution in [-0.2, 0) is 4.74 Å². The number of aromatic nitrogens is 3. The lowest BCUT2D eigenvalue weighted by Crippen LogP contribution is -2.35. The minimum absolute atomic E-state index is 0.0488. The summed E-state index contributed by atoms with van der Waals surface area (Å²) in [5.74, 6) is 0. The maximum Gasteiger partial charge on any atom is 0.407 e. The first kappa shape index (κ1) is 16.8. The molecule has 0 unspecified atom stereocenters. The van der Waals surface area contributed by atoms with E-state index in [-0.39, 0.29) is 16.5 Å². The molecule has 22 heavy (non-hydrogen) atoms. The first-order chi connectivity index (χ1) is 10.2. The van der Waals surface area contributed by atoms with E-state index in [1.54, 1.807) is 6.07 Å². The van der Waals surface area contributed by atoms with E-state index >= 15 is 0 Å². The highest BCUT2D eigenvalue weighted by molar-refractivity contribution is 6.35. The first-order valence-corrected chi connectivity index (χ1v) is 7.59. The molecule has 120 valence electrons. The first-order valence-electron chi connectivity index (χ1n) is 6.84. The molecule has 2 rings (SSSR count). The van der Waals surface area contributed by atoms with E-state index in [9.17, 15) is 4.79 Å². The van der Waals surface area contributed by atoms with Crippen LogP contribution < -0.4 is 5.32 Å². The molecule has 2 aromatic heterocycles. The molecule has 1 amide bonds. The molecule has 0 saturated heterocycles. The van der Waals surface area contributed by atoms with Crippen LogP contribution in [0.4, 0.5) is 4.79 Å². The van der Waals surface area contributed by atoms with Crippen LogP contribution in [0.5, 0.6) is 0 Å². The van der Waals surface area contributed by atoms with Crippen molar-refractivity contribution in [1.82, 2.24) is 19.9 Å². The van der Waals surface area contributed by atoms with E-state index in [1.165, 1.54) is 0 Å². The molecule has 0 aliphatic heterocycles. The number of alkyl carbamates (subject to hydrolysis) is 1. The van der Waals surface area contributed by atoms with Gasteiger partial charge < -0.3 is 14.6 Å². The Labute approximate surface area is 138 Å². The molecule has 0 aliphatic carbocycles. The lowest BCUT2D eigenvalue weighted by Gasteiger charge is -2.21. The largest absolute Gasteiger partial charge is 0.444 e. The van der Waals surface area contributed by atoms with Crippen LogP contribution in [-0.4, -0.2) is 32.8 Å². The highest BCUT2D eigenvalue weighted by Gasteiger charge is 2.18. The van der Waals surface area contributed by atoms with Crippen molar-refractivity contribution in [2.75, 3.05) is 6.54 Å². The number of nitrogens with one attached hydrogen (secondary N) is 1. The van der Waals surface area contributed by atoms with Crippen LogP contribution >= 0.6 is 23.2 Å². The highest BCUT2D eigenvalue weighted by Crippen LogP contribution is 2.25. The molecule has 1 atom stereocenters. The molecule has 0 aromatic carbocycles.